The molecule has 0 radical (unpaired) electrons. The van der Waals surface area contributed by atoms with E-state index in [1.807, 2.05) is 0 Å². The lowest BCUT2D eigenvalue weighted by atomic mass is 10.1. The molecule has 2 saturated heterocycles. The standard InChI is InChI=1S/2C17H27N3O4S.C4H6O6/c2*1-4-20-8-6-7-12(20)11-19-17(21)13-9-16(25(22,23)5-2)14(18)10-15(13)24-3;5-1(3(7)8)2(6)4(9)10/h2*9-10,12H,4-8,11,18H2,1-3H3,(H,19,21);1-2,5-6H,(H,7,8)(H,9,10)/t2*12-;/m00./s1. The Morgan fingerprint density at radius 2 is 1.02 bits per heavy atom. The van der Waals surface area contributed by atoms with E-state index in [4.69, 9.17) is 41.4 Å². The lowest BCUT2D eigenvalue weighted by Gasteiger charge is -2.23. The van der Waals surface area contributed by atoms with Gasteiger partial charge in [-0.2, -0.15) is 0 Å². The minimum atomic E-state index is -3.52. The third-order valence-corrected chi connectivity index (χ3v) is 13.8. The molecule has 0 spiro atoms. The van der Waals surface area contributed by atoms with Crippen LogP contribution in [0, 0.1) is 0 Å². The molecule has 2 fully saturated rings. The summed E-state index contributed by atoms with van der Waals surface area (Å²) in [5, 5.41) is 38.3. The number of benzene rings is 2. The van der Waals surface area contributed by atoms with Crippen LogP contribution in [0.3, 0.4) is 0 Å². The number of amides is 2. The van der Waals surface area contributed by atoms with Gasteiger partial charge in [-0.1, -0.05) is 27.7 Å². The van der Waals surface area contributed by atoms with Gasteiger partial charge in [0, 0.05) is 37.3 Å². The highest BCUT2D eigenvalue weighted by atomic mass is 32.2. The fourth-order valence-electron chi connectivity index (χ4n) is 6.66. The number of likely N-dealkylation sites (N-methyl/N-ethyl adjacent to an activating group) is 2. The van der Waals surface area contributed by atoms with Crippen molar-refractivity contribution in [1.29, 1.82) is 0 Å². The summed E-state index contributed by atoms with van der Waals surface area (Å²) in [7, 11) is -4.19. The van der Waals surface area contributed by atoms with Crippen molar-refractivity contribution in [1.82, 2.24) is 20.4 Å². The highest BCUT2D eigenvalue weighted by Gasteiger charge is 2.30. The second kappa shape index (κ2) is 23.3. The van der Waals surface area contributed by atoms with Gasteiger partial charge in [-0.05, 0) is 64.0 Å². The fraction of sp³-hybridized carbons (Fsp3) is 0.579. The normalized spacial score (nSPS) is 17.9. The Morgan fingerprint density at radius 1 is 0.683 bits per heavy atom. The molecule has 2 aliphatic rings. The maximum Gasteiger partial charge on any atom is 0.335 e. The van der Waals surface area contributed by atoms with E-state index >= 15 is 0 Å². The molecule has 60 heavy (non-hydrogen) atoms. The Hall–Kier alpha value is -4.74. The molecule has 0 saturated carbocycles. The molecule has 4 rings (SSSR count). The number of ether oxygens (including phenoxy) is 2. The van der Waals surface area contributed by atoms with E-state index < -0.39 is 43.8 Å². The molecule has 10 N–H and O–H groups in total. The maximum absolute atomic E-state index is 12.6. The number of nitrogens with two attached hydrogens (primary N) is 2. The van der Waals surface area contributed by atoms with Gasteiger partial charge in [-0.3, -0.25) is 19.4 Å². The number of aliphatic hydroxyl groups excluding tert-OH is 2. The van der Waals surface area contributed by atoms with Crippen molar-refractivity contribution in [3.05, 3.63) is 35.4 Å². The third kappa shape index (κ3) is 13.6. The van der Waals surface area contributed by atoms with E-state index in [9.17, 15) is 36.0 Å². The van der Waals surface area contributed by atoms with Gasteiger partial charge in [0.05, 0.1) is 58.0 Å². The molecule has 20 nitrogen and oxygen atoms in total. The van der Waals surface area contributed by atoms with Gasteiger partial charge in [-0.25, -0.2) is 26.4 Å². The number of carboxylic acids is 2. The highest BCUT2D eigenvalue weighted by Crippen LogP contribution is 2.31. The second-order valence-corrected chi connectivity index (χ2v) is 18.3. The Morgan fingerprint density at radius 3 is 1.28 bits per heavy atom. The van der Waals surface area contributed by atoms with Gasteiger partial charge >= 0.3 is 11.9 Å². The lowest BCUT2D eigenvalue weighted by molar-refractivity contribution is -0.165. The predicted molar refractivity (Wildman–Crippen MR) is 223 cm³/mol. The van der Waals surface area contributed by atoms with Crippen molar-refractivity contribution in [2.75, 3.05) is 76.5 Å². The fourth-order valence-corrected chi connectivity index (χ4v) is 8.71. The molecule has 22 heteroatoms. The molecule has 0 aromatic heterocycles. The summed E-state index contributed by atoms with van der Waals surface area (Å²) in [6.45, 7) is 12.3. The summed E-state index contributed by atoms with van der Waals surface area (Å²) in [6.07, 6.45) is -0.197. The van der Waals surface area contributed by atoms with Crippen molar-refractivity contribution in [2.24, 2.45) is 0 Å². The van der Waals surface area contributed by atoms with Crippen LogP contribution in [0.15, 0.2) is 34.1 Å². The van der Waals surface area contributed by atoms with Gasteiger partial charge in [0.15, 0.2) is 31.9 Å². The topological polar surface area (TPSA) is 319 Å². The Bertz CT molecular complexity index is 1890. The molecule has 2 aromatic rings. The van der Waals surface area contributed by atoms with Crippen LogP contribution in [-0.4, -0.2) is 160 Å². The number of likely N-dealkylation sites (tertiary alicyclic amines) is 2. The number of nitrogens with one attached hydrogen (secondary N) is 2. The average Bonchev–Trinajstić information content (AvgIpc) is 3.90. The highest BCUT2D eigenvalue weighted by molar-refractivity contribution is 7.91. The van der Waals surface area contributed by atoms with E-state index in [1.54, 1.807) is 0 Å². The van der Waals surface area contributed by atoms with E-state index in [0.29, 0.717) is 25.2 Å². The van der Waals surface area contributed by atoms with Gasteiger partial charge in [0.25, 0.3) is 11.8 Å². The molecule has 2 aromatic carbocycles. The molecule has 338 valence electrons. The van der Waals surface area contributed by atoms with E-state index in [-0.39, 0.29) is 67.1 Å². The zero-order chi connectivity index (χ0) is 45.5. The average molecular weight is 889 g/mol. The number of carbonyl (C=O) groups excluding carboxylic acids is 2. The number of rotatable bonds is 17. The molecule has 0 aliphatic carbocycles. The minimum Gasteiger partial charge on any atom is -0.496 e. The quantitative estimate of drug-likeness (QED) is 0.1000. The van der Waals surface area contributed by atoms with Crippen molar-refractivity contribution in [3.8, 4) is 11.5 Å². The minimum absolute atomic E-state index is 0.0306. The number of aliphatic carboxylic acids is 2. The number of hydrogen-bond acceptors (Lipinski definition) is 16. The first-order valence-electron chi connectivity index (χ1n) is 19.4. The first-order chi connectivity index (χ1) is 28.1. The molecular weight excluding hydrogens is 829 g/mol. The molecule has 2 unspecified atom stereocenters. The monoisotopic (exact) mass is 888 g/mol. The van der Waals surface area contributed by atoms with Crippen LogP contribution in [0.4, 0.5) is 11.4 Å². The summed E-state index contributed by atoms with van der Waals surface area (Å²) >= 11 is 0. The Balaban J connectivity index is 0.000000339. The van der Waals surface area contributed by atoms with Crippen LogP contribution >= 0.6 is 0 Å². The Labute approximate surface area is 351 Å². The maximum atomic E-state index is 12.6. The summed E-state index contributed by atoms with van der Waals surface area (Å²) in [5.74, 6) is -3.88. The first kappa shape index (κ1) is 51.4. The number of sulfone groups is 2. The zero-order valence-electron chi connectivity index (χ0n) is 34.8. The summed E-state index contributed by atoms with van der Waals surface area (Å²) in [5.41, 5.74) is 12.2. The van der Waals surface area contributed by atoms with E-state index in [1.165, 1.54) is 52.3 Å². The second-order valence-electron chi connectivity index (χ2n) is 13.8. The first-order valence-corrected chi connectivity index (χ1v) is 22.7. The van der Waals surface area contributed by atoms with Gasteiger partial charge in [0.2, 0.25) is 0 Å². The summed E-state index contributed by atoms with van der Waals surface area (Å²) in [6, 6.07) is 6.04. The van der Waals surface area contributed by atoms with Crippen LogP contribution in [0.25, 0.3) is 0 Å². The van der Waals surface area contributed by atoms with Crippen molar-refractivity contribution in [2.45, 2.75) is 87.5 Å². The number of hydrogen-bond donors (Lipinski definition) is 8. The Kier molecular flexibility index (Phi) is 20.0. The number of nitrogens with zero attached hydrogens (tertiary/aromatic N) is 2. The van der Waals surface area contributed by atoms with Gasteiger partial charge in [0.1, 0.15) is 11.5 Å². The van der Waals surface area contributed by atoms with Gasteiger partial charge < -0.3 is 52.0 Å². The lowest BCUT2D eigenvalue weighted by Crippen LogP contribution is -2.40. The molecule has 0 bridgehead atoms. The van der Waals surface area contributed by atoms with Crippen LogP contribution in [-0.2, 0) is 29.3 Å². The molecule has 2 aliphatic heterocycles. The summed E-state index contributed by atoms with van der Waals surface area (Å²) < 4.78 is 59.2. The summed E-state index contributed by atoms with van der Waals surface area (Å²) in [4.78, 5) is 49.4. The van der Waals surface area contributed by atoms with Crippen LogP contribution in [0.2, 0.25) is 0 Å². The van der Waals surface area contributed by atoms with Crippen molar-refractivity contribution in [3.63, 3.8) is 0 Å². The molecule has 2 heterocycles. The smallest absolute Gasteiger partial charge is 0.335 e. The van der Waals surface area contributed by atoms with E-state index in [2.05, 4.69) is 34.3 Å². The third-order valence-electron chi connectivity index (χ3n) is 10.2. The molecular formula is C38H60N6O14S2. The predicted octanol–water partition coefficient (Wildman–Crippen LogP) is 0.448. The number of carboxylic acid groups (broad SMARTS) is 2. The van der Waals surface area contributed by atoms with Crippen LogP contribution in [0.5, 0.6) is 11.5 Å². The zero-order valence-corrected chi connectivity index (χ0v) is 36.5. The SMILES string of the molecule is CCN1CCC[C@H]1CNC(=O)c1cc(S(=O)(=O)CC)c(N)cc1OC.CCN1CCC[C@H]1CNC(=O)c1cc(S(=O)(=O)CC)c(N)cc1OC.O=C(O)C(O)C(O)C(=O)O. The van der Waals surface area contributed by atoms with E-state index in [0.717, 1.165) is 51.9 Å². The van der Waals surface area contributed by atoms with Crippen molar-refractivity contribution < 1.29 is 65.9 Å². The number of methoxy groups -OCH3 is 2. The van der Waals surface area contributed by atoms with Crippen LogP contribution in [0.1, 0.15) is 74.1 Å². The van der Waals surface area contributed by atoms with Crippen LogP contribution < -0.4 is 31.6 Å². The largest absolute Gasteiger partial charge is 0.496 e. The number of nitrogen functional groups attached to an aromatic ring is 2. The van der Waals surface area contributed by atoms with Gasteiger partial charge in [-0.15, -0.1) is 0 Å². The van der Waals surface area contributed by atoms with Crippen molar-refractivity contribution >= 4 is 54.8 Å². The molecule has 4 atom stereocenters. The number of aliphatic hydroxyl groups is 2. The number of anilines is 2. The number of carbonyl (C=O) groups is 4. The molecule has 2 amide bonds.